The number of hydrogen-bond donors (Lipinski definition) is 2. The van der Waals surface area contributed by atoms with E-state index in [1.807, 2.05) is 30.4 Å². The van der Waals surface area contributed by atoms with Crippen LogP contribution in [-0.2, 0) is 25.5 Å². The molecule has 2 N–H and O–H groups in total. The Labute approximate surface area is 251 Å². The number of fused-ring (bicyclic) bond motifs is 1. The molecule has 2 saturated heterocycles. The highest BCUT2D eigenvalue weighted by atomic mass is 16.5. The zero-order chi connectivity index (χ0) is 30.1. The molecule has 0 unspecified atom stereocenters. The van der Waals surface area contributed by atoms with Gasteiger partial charge in [0.1, 0.15) is 17.4 Å². The van der Waals surface area contributed by atoms with Crippen molar-refractivity contribution in [3.8, 4) is 17.2 Å². The molecule has 2 bridgehead atoms. The number of methoxy groups -OCH3 is 3. The fourth-order valence-corrected chi connectivity index (χ4v) is 7.25. The third-order valence-corrected chi connectivity index (χ3v) is 9.30. The van der Waals surface area contributed by atoms with E-state index >= 15 is 0 Å². The number of rotatable bonds is 10. The minimum absolute atomic E-state index is 0.0641. The molecule has 5 atom stereocenters. The number of nitrogens with one attached hydrogen (secondary N) is 2. The highest BCUT2D eigenvalue weighted by Gasteiger charge is 2.72. The fourth-order valence-electron chi connectivity index (χ4n) is 7.25. The minimum atomic E-state index is -1.21. The van der Waals surface area contributed by atoms with Gasteiger partial charge in [-0.25, -0.2) is 0 Å². The smallest absolute Gasteiger partial charge is 0.246 e. The van der Waals surface area contributed by atoms with Gasteiger partial charge in [0.05, 0.1) is 39.3 Å². The van der Waals surface area contributed by atoms with E-state index in [0.717, 1.165) is 37.7 Å². The summed E-state index contributed by atoms with van der Waals surface area (Å²) in [7, 11) is 4.72. The Kier molecular flexibility index (Phi) is 8.05. The predicted octanol–water partition coefficient (Wildman–Crippen LogP) is 3.49. The zero-order valence-electron chi connectivity index (χ0n) is 24.8. The van der Waals surface area contributed by atoms with Gasteiger partial charge >= 0.3 is 0 Å². The lowest BCUT2D eigenvalue weighted by atomic mass is 9.74. The Hall–Kier alpha value is -4.05. The molecule has 228 valence electrons. The van der Waals surface area contributed by atoms with Gasteiger partial charge in [-0.3, -0.25) is 14.4 Å². The number of ether oxygens (including phenoxy) is 4. The first kappa shape index (κ1) is 29.0. The molecule has 0 radical (unpaired) electrons. The van der Waals surface area contributed by atoms with Crippen molar-refractivity contribution in [1.82, 2.24) is 10.2 Å². The van der Waals surface area contributed by atoms with Crippen molar-refractivity contribution in [3.05, 3.63) is 60.2 Å². The Bertz CT molecular complexity index is 1420. The van der Waals surface area contributed by atoms with E-state index in [0.29, 0.717) is 29.4 Å². The summed E-state index contributed by atoms with van der Waals surface area (Å²) in [6.07, 6.45) is 8.68. The molecule has 2 aromatic rings. The number of carbonyl (C=O) groups is 3. The largest absolute Gasteiger partial charge is 0.497 e. The van der Waals surface area contributed by atoms with E-state index < -0.39 is 29.6 Å². The Morgan fingerprint density at radius 2 is 1.77 bits per heavy atom. The van der Waals surface area contributed by atoms with Crippen molar-refractivity contribution < 1.29 is 33.3 Å². The molecule has 3 amide bonds. The van der Waals surface area contributed by atoms with Crippen LogP contribution in [0.25, 0.3) is 0 Å². The highest BCUT2D eigenvalue weighted by molar-refractivity contribution is 6.02. The summed E-state index contributed by atoms with van der Waals surface area (Å²) in [4.78, 5) is 43.7. The van der Waals surface area contributed by atoms with Crippen LogP contribution >= 0.6 is 0 Å². The number of carbonyl (C=O) groups excluding carboxylic acids is 3. The van der Waals surface area contributed by atoms with Crippen LogP contribution in [0.2, 0.25) is 0 Å². The van der Waals surface area contributed by atoms with Crippen LogP contribution in [0.1, 0.15) is 37.7 Å². The van der Waals surface area contributed by atoms with E-state index in [-0.39, 0.29) is 30.3 Å². The molecule has 4 aliphatic rings. The van der Waals surface area contributed by atoms with Gasteiger partial charge in [-0.2, -0.15) is 0 Å². The number of anilines is 1. The van der Waals surface area contributed by atoms with Crippen molar-refractivity contribution in [3.63, 3.8) is 0 Å². The molecule has 3 heterocycles. The van der Waals surface area contributed by atoms with E-state index in [1.165, 1.54) is 0 Å². The van der Waals surface area contributed by atoms with Crippen molar-refractivity contribution in [2.45, 2.75) is 62.3 Å². The standard InChI is InChI=1S/C33H39N3O7/c1-40-23-11-7-10-22(19-23)35-30(37)27-25-14-16-33(43-25)28(27)32(39)36(29(33)31(38)34-21-8-5-4-6-9-21)17-15-20-12-13-24(41-2)26(18-20)42-3/h7,10-14,16,18-19,21,25,27-29H,4-6,8-9,15,17H2,1-3H3,(H,34,38)(H,35,37)/t25-,27-,28-,29-,33-/m0/s1. The monoisotopic (exact) mass is 589 g/mol. The second-order valence-corrected chi connectivity index (χ2v) is 11.7. The van der Waals surface area contributed by atoms with Crippen LogP contribution < -0.4 is 24.8 Å². The maximum Gasteiger partial charge on any atom is 0.246 e. The molecule has 1 aliphatic carbocycles. The third-order valence-electron chi connectivity index (χ3n) is 9.30. The van der Waals surface area contributed by atoms with Crippen molar-refractivity contribution in [1.29, 1.82) is 0 Å². The summed E-state index contributed by atoms with van der Waals surface area (Å²) in [6.45, 7) is 0.279. The van der Waals surface area contributed by atoms with Gasteiger partial charge in [0, 0.05) is 24.3 Å². The van der Waals surface area contributed by atoms with Gasteiger partial charge in [0.15, 0.2) is 11.5 Å². The quantitative estimate of drug-likeness (QED) is 0.408. The molecule has 10 nitrogen and oxygen atoms in total. The van der Waals surface area contributed by atoms with Gasteiger partial charge in [-0.15, -0.1) is 0 Å². The van der Waals surface area contributed by atoms with Gasteiger partial charge in [0.25, 0.3) is 0 Å². The molecular formula is C33H39N3O7. The number of nitrogens with zero attached hydrogens (tertiary/aromatic N) is 1. The second kappa shape index (κ2) is 11.9. The summed E-state index contributed by atoms with van der Waals surface area (Å²) in [5.74, 6) is -0.584. The lowest BCUT2D eigenvalue weighted by molar-refractivity contribution is -0.141. The van der Waals surface area contributed by atoms with Gasteiger partial charge in [-0.1, -0.05) is 43.5 Å². The SMILES string of the molecule is COc1cccc(NC(=O)[C@H]2[C@@H]3C=C[C@]4(O3)[C@@H]2C(=O)N(CCc2ccc(OC)c(OC)c2)[C@H]4C(=O)NC2CCCCC2)c1. The normalized spacial score (nSPS) is 27.6. The van der Waals surface area contributed by atoms with Crippen LogP contribution in [0, 0.1) is 11.8 Å². The molecule has 2 aromatic carbocycles. The van der Waals surface area contributed by atoms with Gasteiger partial charge in [-0.05, 0) is 49.1 Å². The van der Waals surface area contributed by atoms with E-state index in [4.69, 9.17) is 18.9 Å². The number of benzene rings is 2. The summed E-state index contributed by atoms with van der Waals surface area (Å²) < 4.78 is 22.6. The van der Waals surface area contributed by atoms with Gasteiger partial charge < -0.3 is 34.5 Å². The summed E-state index contributed by atoms with van der Waals surface area (Å²) >= 11 is 0. The lowest BCUT2D eigenvalue weighted by Gasteiger charge is -2.34. The van der Waals surface area contributed by atoms with Crippen LogP contribution in [-0.4, -0.2) is 74.3 Å². The molecule has 0 aromatic heterocycles. The van der Waals surface area contributed by atoms with Crippen LogP contribution in [0.5, 0.6) is 17.2 Å². The molecule has 10 heteroatoms. The van der Waals surface area contributed by atoms with Crippen LogP contribution in [0.15, 0.2) is 54.6 Å². The van der Waals surface area contributed by atoms with Crippen LogP contribution in [0.3, 0.4) is 0 Å². The lowest BCUT2D eigenvalue weighted by Crippen LogP contribution is -2.56. The van der Waals surface area contributed by atoms with Crippen LogP contribution in [0.4, 0.5) is 5.69 Å². The van der Waals surface area contributed by atoms with Crippen molar-refractivity contribution in [2.75, 3.05) is 33.2 Å². The molecule has 43 heavy (non-hydrogen) atoms. The Morgan fingerprint density at radius 1 is 0.977 bits per heavy atom. The molecule has 1 saturated carbocycles. The Balaban J connectivity index is 1.28. The molecule has 3 aliphatic heterocycles. The second-order valence-electron chi connectivity index (χ2n) is 11.7. The predicted molar refractivity (Wildman–Crippen MR) is 159 cm³/mol. The molecular weight excluding hydrogens is 550 g/mol. The molecule has 6 rings (SSSR count). The topological polar surface area (TPSA) is 115 Å². The van der Waals surface area contributed by atoms with Gasteiger partial charge in [0.2, 0.25) is 17.7 Å². The average molecular weight is 590 g/mol. The number of amides is 3. The average Bonchev–Trinajstić information content (AvgIpc) is 3.67. The fraction of sp³-hybridized carbons (Fsp3) is 0.485. The van der Waals surface area contributed by atoms with Crippen molar-refractivity contribution in [2.24, 2.45) is 11.8 Å². The first-order valence-electron chi connectivity index (χ1n) is 15.0. The molecule has 1 spiro atoms. The third kappa shape index (κ3) is 5.22. The number of likely N-dealkylation sites (tertiary alicyclic amines) is 1. The van der Waals surface area contributed by atoms with Crippen molar-refractivity contribution >= 4 is 23.4 Å². The van der Waals surface area contributed by atoms with E-state index in [1.54, 1.807) is 50.5 Å². The number of hydrogen-bond acceptors (Lipinski definition) is 7. The first-order valence-corrected chi connectivity index (χ1v) is 15.0. The summed E-state index contributed by atoms with van der Waals surface area (Å²) in [5.41, 5.74) is 0.279. The zero-order valence-corrected chi connectivity index (χ0v) is 24.8. The maximum absolute atomic E-state index is 14.3. The van der Waals surface area contributed by atoms with E-state index in [9.17, 15) is 14.4 Å². The maximum atomic E-state index is 14.3. The summed E-state index contributed by atoms with van der Waals surface area (Å²) in [6, 6.07) is 11.9. The molecule has 3 fully saturated rings. The first-order chi connectivity index (χ1) is 20.9. The Morgan fingerprint density at radius 3 is 2.51 bits per heavy atom. The summed E-state index contributed by atoms with van der Waals surface area (Å²) in [5, 5.41) is 6.18. The highest BCUT2D eigenvalue weighted by Crippen LogP contribution is 2.55. The minimum Gasteiger partial charge on any atom is -0.497 e. The van der Waals surface area contributed by atoms with E-state index in [2.05, 4.69) is 10.6 Å².